The number of hydrogen-bond donors (Lipinski definition) is 3. The summed E-state index contributed by atoms with van der Waals surface area (Å²) in [6.07, 6.45) is 2.33. The number of nitrogens with one attached hydrogen (secondary N) is 1. The molecule has 0 aliphatic carbocycles. The number of nitriles is 1. The minimum Gasteiger partial charge on any atom is -0.493 e. The zero-order chi connectivity index (χ0) is 22.4. The van der Waals surface area contributed by atoms with Crippen LogP contribution in [0.1, 0.15) is 22.3 Å². The first-order chi connectivity index (χ1) is 14.9. The molecule has 3 rings (SSSR count). The van der Waals surface area contributed by atoms with Crippen molar-refractivity contribution in [3.8, 4) is 28.9 Å². The number of carbonyl (C=O) groups excluding carboxylic acids is 1. The number of pyridine rings is 1. The van der Waals surface area contributed by atoms with Gasteiger partial charge in [0.25, 0.3) is 5.91 Å². The average Bonchev–Trinajstić information content (AvgIpc) is 3.17. The van der Waals surface area contributed by atoms with E-state index in [9.17, 15) is 14.7 Å². The highest BCUT2D eigenvalue weighted by Gasteiger charge is 2.15. The maximum atomic E-state index is 12.2. The van der Waals surface area contributed by atoms with Crippen LogP contribution in [-0.4, -0.2) is 62.0 Å². The fraction of sp³-hybridized carbons (Fsp3) is 0.190. The molecule has 2 heterocycles. The molecule has 2 aromatic heterocycles. The van der Waals surface area contributed by atoms with Gasteiger partial charge in [0.15, 0.2) is 5.82 Å². The molecule has 0 saturated carbocycles. The summed E-state index contributed by atoms with van der Waals surface area (Å²) in [6.45, 7) is 0.638. The number of aromatic hydroxyl groups is 1. The molecule has 0 aliphatic rings. The molecule has 0 radical (unpaired) electrons. The van der Waals surface area contributed by atoms with Crippen molar-refractivity contribution in [3.05, 3.63) is 59.9 Å². The van der Waals surface area contributed by atoms with E-state index in [0.29, 0.717) is 47.6 Å². The van der Waals surface area contributed by atoms with Crippen molar-refractivity contribution in [2.75, 3.05) is 20.1 Å². The lowest BCUT2D eigenvalue weighted by molar-refractivity contribution is 0.0952. The van der Waals surface area contributed by atoms with Gasteiger partial charge in [-0.25, -0.2) is 9.78 Å². The lowest BCUT2D eigenvalue weighted by Crippen LogP contribution is -2.30. The van der Waals surface area contributed by atoms with Crippen LogP contribution in [0.15, 0.2) is 48.8 Å². The summed E-state index contributed by atoms with van der Waals surface area (Å²) in [5.41, 5.74) is 2.03. The van der Waals surface area contributed by atoms with Crippen molar-refractivity contribution in [1.29, 1.82) is 5.26 Å². The van der Waals surface area contributed by atoms with Crippen molar-refractivity contribution < 1.29 is 19.8 Å². The van der Waals surface area contributed by atoms with E-state index >= 15 is 0 Å². The molecular weight excluding hydrogens is 400 g/mol. The maximum absolute atomic E-state index is 12.2. The van der Waals surface area contributed by atoms with Crippen LogP contribution in [0.5, 0.6) is 5.88 Å². The zero-order valence-corrected chi connectivity index (χ0v) is 16.7. The van der Waals surface area contributed by atoms with Gasteiger partial charge in [0.1, 0.15) is 0 Å². The van der Waals surface area contributed by atoms with Gasteiger partial charge in [0.2, 0.25) is 5.88 Å². The Morgan fingerprint density at radius 3 is 2.55 bits per heavy atom. The summed E-state index contributed by atoms with van der Waals surface area (Å²) >= 11 is 0. The fourth-order valence-corrected chi connectivity index (χ4v) is 2.80. The van der Waals surface area contributed by atoms with E-state index in [-0.39, 0.29) is 11.8 Å². The minimum absolute atomic E-state index is 0.114. The van der Waals surface area contributed by atoms with Gasteiger partial charge in [0.05, 0.1) is 29.0 Å². The van der Waals surface area contributed by atoms with Crippen molar-refractivity contribution in [2.24, 2.45) is 0 Å². The molecule has 0 atom stereocenters. The van der Waals surface area contributed by atoms with E-state index in [1.54, 1.807) is 36.4 Å². The summed E-state index contributed by atoms with van der Waals surface area (Å²) in [5.74, 6) is -0.117. The summed E-state index contributed by atoms with van der Waals surface area (Å²) < 4.78 is 1.25. The highest BCUT2D eigenvalue weighted by molar-refractivity contribution is 5.93. The smallest absolute Gasteiger partial charge is 0.407 e. The number of nitrogens with zero attached hydrogens (tertiary/aromatic N) is 5. The van der Waals surface area contributed by atoms with Crippen LogP contribution in [0.2, 0.25) is 0 Å². The Balaban J connectivity index is 1.65. The Kier molecular flexibility index (Phi) is 6.47. The second-order valence-corrected chi connectivity index (χ2v) is 6.70. The van der Waals surface area contributed by atoms with Crippen molar-refractivity contribution in [2.45, 2.75) is 6.42 Å². The normalized spacial score (nSPS) is 10.3. The topological polar surface area (TPSA) is 144 Å². The van der Waals surface area contributed by atoms with E-state index in [1.807, 2.05) is 6.07 Å². The first-order valence-electron chi connectivity index (χ1n) is 9.37. The summed E-state index contributed by atoms with van der Waals surface area (Å²) in [4.78, 5) is 28.3. The molecule has 0 saturated heterocycles. The van der Waals surface area contributed by atoms with E-state index < -0.39 is 6.09 Å². The quantitative estimate of drug-likeness (QED) is 0.497. The molecule has 0 spiro atoms. The first-order valence-corrected chi connectivity index (χ1v) is 9.37. The molecule has 2 amide bonds. The maximum Gasteiger partial charge on any atom is 0.407 e. The summed E-state index contributed by atoms with van der Waals surface area (Å²) in [6, 6.07) is 11.9. The van der Waals surface area contributed by atoms with Gasteiger partial charge < -0.3 is 20.4 Å². The third-order valence-electron chi connectivity index (χ3n) is 4.58. The van der Waals surface area contributed by atoms with Crippen LogP contribution < -0.4 is 5.32 Å². The molecule has 3 N–H and O–H groups in total. The van der Waals surface area contributed by atoms with E-state index in [4.69, 9.17) is 10.4 Å². The van der Waals surface area contributed by atoms with Crippen LogP contribution in [0.25, 0.3) is 16.9 Å². The van der Waals surface area contributed by atoms with E-state index in [2.05, 4.69) is 15.4 Å². The average molecular weight is 420 g/mol. The number of aromatic nitrogens is 3. The van der Waals surface area contributed by atoms with E-state index in [1.165, 1.54) is 24.1 Å². The van der Waals surface area contributed by atoms with Crippen LogP contribution >= 0.6 is 0 Å². The highest BCUT2D eigenvalue weighted by atomic mass is 16.4. The fourth-order valence-electron chi connectivity index (χ4n) is 2.80. The molecule has 0 unspecified atom stereocenters. The number of benzene rings is 1. The molecule has 158 valence electrons. The first kappa shape index (κ1) is 21.3. The monoisotopic (exact) mass is 420 g/mol. The van der Waals surface area contributed by atoms with Gasteiger partial charge in [-0.15, -0.1) is 0 Å². The number of carbonyl (C=O) groups is 2. The third-order valence-corrected chi connectivity index (χ3v) is 4.58. The summed E-state index contributed by atoms with van der Waals surface area (Å²) in [5, 5.41) is 35.1. The Morgan fingerprint density at radius 2 is 1.94 bits per heavy atom. The Labute approximate surface area is 178 Å². The number of amides is 2. The third kappa shape index (κ3) is 4.97. The molecule has 3 aromatic rings. The highest BCUT2D eigenvalue weighted by Crippen LogP contribution is 2.30. The van der Waals surface area contributed by atoms with Crippen molar-refractivity contribution in [1.82, 2.24) is 25.0 Å². The van der Waals surface area contributed by atoms with Gasteiger partial charge in [-0.1, -0.05) is 12.1 Å². The Morgan fingerprint density at radius 1 is 1.19 bits per heavy atom. The largest absolute Gasteiger partial charge is 0.493 e. The molecule has 10 heteroatoms. The van der Waals surface area contributed by atoms with Gasteiger partial charge in [-0.3, -0.25) is 4.79 Å². The van der Waals surface area contributed by atoms with Crippen molar-refractivity contribution in [3.63, 3.8) is 0 Å². The van der Waals surface area contributed by atoms with Crippen LogP contribution in [0, 0.1) is 11.3 Å². The molecule has 31 heavy (non-hydrogen) atoms. The van der Waals surface area contributed by atoms with E-state index in [0.717, 1.165) is 4.90 Å². The van der Waals surface area contributed by atoms with Gasteiger partial charge >= 0.3 is 6.09 Å². The molecule has 1 aromatic carbocycles. The molecular formula is C21H20N6O4. The molecule has 0 bridgehead atoms. The molecule has 0 fully saturated rings. The van der Waals surface area contributed by atoms with Gasteiger partial charge in [0, 0.05) is 26.3 Å². The zero-order valence-electron chi connectivity index (χ0n) is 16.7. The van der Waals surface area contributed by atoms with Gasteiger partial charge in [-0.2, -0.15) is 15.0 Å². The van der Waals surface area contributed by atoms with Crippen LogP contribution in [0.3, 0.4) is 0 Å². The lowest BCUT2D eigenvalue weighted by Gasteiger charge is -2.12. The lowest BCUT2D eigenvalue weighted by atomic mass is 10.1. The minimum atomic E-state index is -1.02. The SMILES string of the molecule is CN(CCCNC(=O)c1ccc(-n2ncc(-c3ccc(C#N)cc3)c2O)nc1)C(=O)O. The standard InChI is InChI=1S/C21H20N6O4/c1-26(21(30)31)10-2-9-23-19(28)16-7-8-18(24-12-16)27-20(29)17(13-25-27)15-5-3-14(11-22)4-6-15/h3-8,12-13,29H,2,9-10H2,1H3,(H,23,28)(H,30,31). The van der Waals surface area contributed by atoms with Gasteiger partial charge in [-0.05, 0) is 36.2 Å². The summed E-state index contributed by atoms with van der Waals surface area (Å²) in [7, 11) is 1.46. The number of hydrogen-bond acceptors (Lipinski definition) is 6. The predicted molar refractivity (Wildman–Crippen MR) is 111 cm³/mol. The Bertz CT molecular complexity index is 1120. The Hall–Kier alpha value is -4.39. The number of rotatable bonds is 7. The number of carboxylic acid groups (broad SMARTS) is 1. The molecule has 10 nitrogen and oxygen atoms in total. The van der Waals surface area contributed by atoms with Crippen LogP contribution in [-0.2, 0) is 0 Å². The predicted octanol–water partition coefficient (Wildman–Crippen LogP) is 2.24. The van der Waals surface area contributed by atoms with Crippen molar-refractivity contribution >= 4 is 12.0 Å². The second kappa shape index (κ2) is 9.41. The second-order valence-electron chi connectivity index (χ2n) is 6.70. The molecule has 0 aliphatic heterocycles. The van der Waals surface area contributed by atoms with Crippen LogP contribution in [0.4, 0.5) is 4.79 Å².